The molecular formula is C11H25FN2. The molecule has 3 heteroatoms. The molecule has 0 bridgehead atoms. The summed E-state index contributed by atoms with van der Waals surface area (Å²) in [6.07, 6.45) is 1.91. The van der Waals surface area contributed by atoms with Gasteiger partial charge in [-0.3, -0.25) is 4.39 Å². The van der Waals surface area contributed by atoms with Crippen LogP contribution in [-0.4, -0.2) is 56.2 Å². The summed E-state index contributed by atoms with van der Waals surface area (Å²) in [5, 5.41) is 0. The Kier molecular flexibility index (Phi) is 8.09. The van der Waals surface area contributed by atoms with Crippen LogP contribution in [0.4, 0.5) is 4.39 Å². The van der Waals surface area contributed by atoms with E-state index >= 15 is 0 Å². The van der Waals surface area contributed by atoms with Gasteiger partial charge in [-0.15, -0.1) is 0 Å². The highest BCUT2D eigenvalue weighted by Gasteiger charge is 2.22. The van der Waals surface area contributed by atoms with Crippen molar-refractivity contribution in [3.05, 3.63) is 0 Å². The van der Waals surface area contributed by atoms with Gasteiger partial charge >= 0.3 is 0 Å². The van der Waals surface area contributed by atoms with Crippen LogP contribution in [0.5, 0.6) is 0 Å². The van der Waals surface area contributed by atoms with Crippen molar-refractivity contribution >= 4 is 0 Å². The van der Waals surface area contributed by atoms with E-state index in [1.807, 2.05) is 13.8 Å². The Morgan fingerprint density at radius 1 is 1.43 bits per heavy atom. The Labute approximate surface area is 88.1 Å². The number of alkyl halides is 1. The lowest BCUT2D eigenvalue weighted by Crippen LogP contribution is -2.34. The summed E-state index contributed by atoms with van der Waals surface area (Å²) in [6, 6.07) is 0.654. The molecule has 0 spiro atoms. The van der Waals surface area contributed by atoms with E-state index in [1.54, 1.807) is 0 Å². The number of rotatable bonds is 4. The highest BCUT2D eigenvalue weighted by Crippen LogP contribution is 2.12. The lowest BCUT2D eigenvalue weighted by molar-refractivity contribution is 0.231. The molecule has 0 aliphatic carbocycles. The Morgan fingerprint density at radius 3 is 2.50 bits per heavy atom. The number of halogens is 1. The van der Waals surface area contributed by atoms with Gasteiger partial charge in [-0.05, 0) is 33.5 Å². The van der Waals surface area contributed by atoms with Crippen LogP contribution in [0.25, 0.3) is 0 Å². The van der Waals surface area contributed by atoms with Crippen LogP contribution in [0.15, 0.2) is 0 Å². The Bertz CT molecular complexity index is 130. The maximum atomic E-state index is 11.9. The fourth-order valence-corrected chi connectivity index (χ4v) is 1.76. The Hall–Kier alpha value is -0.150. The van der Waals surface area contributed by atoms with Crippen LogP contribution >= 0.6 is 0 Å². The van der Waals surface area contributed by atoms with E-state index in [0.29, 0.717) is 12.5 Å². The average molecular weight is 204 g/mol. The van der Waals surface area contributed by atoms with E-state index in [1.165, 1.54) is 13.0 Å². The second-order valence-electron chi connectivity index (χ2n) is 3.73. The molecule has 86 valence electrons. The third kappa shape index (κ3) is 4.91. The van der Waals surface area contributed by atoms with Crippen LogP contribution < -0.4 is 0 Å². The molecule has 1 unspecified atom stereocenters. The zero-order valence-electron chi connectivity index (χ0n) is 10.1. The minimum Gasteiger partial charge on any atom is -0.305 e. The van der Waals surface area contributed by atoms with E-state index in [4.69, 9.17) is 0 Å². The third-order valence-corrected chi connectivity index (χ3v) is 2.63. The zero-order chi connectivity index (χ0) is 11.0. The van der Waals surface area contributed by atoms with Crippen molar-refractivity contribution in [1.29, 1.82) is 0 Å². The van der Waals surface area contributed by atoms with E-state index in [2.05, 4.69) is 23.9 Å². The highest BCUT2D eigenvalue weighted by molar-refractivity contribution is 4.79. The summed E-state index contributed by atoms with van der Waals surface area (Å²) in [5.41, 5.74) is 0. The minimum absolute atomic E-state index is 0.188. The molecule has 1 aliphatic rings. The molecule has 1 heterocycles. The van der Waals surface area contributed by atoms with Gasteiger partial charge in [0.05, 0.1) is 6.67 Å². The van der Waals surface area contributed by atoms with Crippen molar-refractivity contribution in [3.63, 3.8) is 0 Å². The molecule has 0 aromatic carbocycles. The minimum atomic E-state index is -0.188. The number of nitrogens with zero attached hydrogens (tertiary/aromatic N) is 2. The molecule has 0 N–H and O–H groups in total. The molecule has 0 aromatic rings. The quantitative estimate of drug-likeness (QED) is 0.691. The fourth-order valence-electron chi connectivity index (χ4n) is 1.76. The molecule has 0 aromatic heterocycles. The normalized spacial score (nSPS) is 22.3. The molecular weight excluding hydrogens is 179 g/mol. The van der Waals surface area contributed by atoms with Crippen molar-refractivity contribution in [2.75, 3.05) is 40.4 Å². The molecule has 14 heavy (non-hydrogen) atoms. The van der Waals surface area contributed by atoms with Gasteiger partial charge in [-0.1, -0.05) is 13.8 Å². The SMILES string of the molecule is CC.CN1CCC(N(C)CCCF)C1. The van der Waals surface area contributed by atoms with Crippen molar-refractivity contribution in [2.45, 2.75) is 32.7 Å². The average Bonchev–Trinajstić information content (AvgIpc) is 2.64. The maximum Gasteiger partial charge on any atom is 0.0906 e. The monoisotopic (exact) mass is 204 g/mol. The topological polar surface area (TPSA) is 6.48 Å². The summed E-state index contributed by atoms with van der Waals surface area (Å²) in [4.78, 5) is 4.61. The van der Waals surface area contributed by atoms with E-state index in [9.17, 15) is 4.39 Å². The fraction of sp³-hybridized carbons (Fsp3) is 1.00. The lowest BCUT2D eigenvalue weighted by atomic mass is 10.2. The molecule has 1 fully saturated rings. The summed E-state index contributed by atoms with van der Waals surface area (Å²) < 4.78 is 11.9. The third-order valence-electron chi connectivity index (χ3n) is 2.63. The van der Waals surface area contributed by atoms with Crippen LogP contribution in [0.2, 0.25) is 0 Å². The van der Waals surface area contributed by atoms with E-state index in [0.717, 1.165) is 13.1 Å². The van der Waals surface area contributed by atoms with Gasteiger partial charge in [-0.25, -0.2) is 0 Å². The number of likely N-dealkylation sites (tertiary alicyclic amines) is 1. The van der Waals surface area contributed by atoms with Gasteiger partial charge in [0, 0.05) is 19.1 Å². The largest absolute Gasteiger partial charge is 0.305 e. The molecule has 0 saturated carbocycles. The molecule has 1 rings (SSSR count). The Morgan fingerprint density at radius 2 is 2.07 bits per heavy atom. The zero-order valence-corrected chi connectivity index (χ0v) is 10.1. The van der Waals surface area contributed by atoms with Gasteiger partial charge in [-0.2, -0.15) is 0 Å². The van der Waals surface area contributed by atoms with E-state index < -0.39 is 0 Å². The smallest absolute Gasteiger partial charge is 0.0906 e. The molecule has 1 saturated heterocycles. The Balaban J connectivity index is 0.000000791. The van der Waals surface area contributed by atoms with Crippen molar-refractivity contribution in [1.82, 2.24) is 9.80 Å². The summed E-state index contributed by atoms with van der Waals surface area (Å²) in [5.74, 6) is 0. The highest BCUT2D eigenvalue weighted by atomic mass is 19.1. The van der Waals surface area contributed by atoms with Crippen molar-refractivity contribution in [3.8, 4) is 0 Å². The van der Waals surface area contributed by atoms with E-state index in [-0.39, 0.29) is 6.67 Å². The molecule has 0 amide bonds. The maximum absolute atomic E-state index is 11.9. The first-order valence-corrected chi connectivity index (χ1v) is 5.69. The number of hydrogen-bond donors (Lipinski definition) is 0. The van der Waals surface area contributed by atoms with Gasteiger partial charge in [0.15, 0.2) is 0 Å². The first-order chi connectivity index (χ1) is 6.74. The summed E-state index contributed by atoms with van der Waals surface area (Å²) in [6.45, 7) is 7.04. The lowest BCUT2D eigenvalue weighted by Gasteiger charge is -2.23. The number of hydrogen-bond acceptors (Lipinski definition) is 2. The van der Waals surface area contributed by atoms with Gasteiger partial charge in [0.1, 0.15) is 0 Å². The molecule has 2 nitrogen and oxygen atoms in total. The molecule has 1 atom stereocenters. The van der Waals surface area contributed by atoms with Gasteiger partial charge < -0.3 is 9.80 Å². The molecule has 0 radical (unpaired) electrons. The van der Waals surface area contributed by atoms with Crippen LogP contribution in [0.3, 0.4) is 0 Å². The summed E-state index contributed by atoms with van der Waals surface area (Å²) >= 11 is 0. The van der Waals surface area contributed by atoms with Crippen LogP contribution in [0, 0.1) is 0 Å². The van der Waals surface area contributed by atoms with Gasteiger partial charge in [0.2, 0.25) is 0 Å². The predicted molar refractivity (Wildman–Crippen MR) is 60.5 cm³/mol. The first kappa shape index (κ1) is 13.8. The van der Waals surface area contributed by atoms with Crippen LogP contribution in [-0.2, 0) is 0 Å². The standard InChI is InChI=1S/C9H19FN2.C2H6/c1-11-7-4-9(8-11)12(2)6-3-5-10;1-2/h9H,3-8H2,1-2H3;1-2H3. The second kappa shape index (κ2) is 8.18. The molecule has 1 aliphatic heterocycles. The summed E-state index contributed by atoms with van der Waals surface area (Å²) in [7, 11) is 4.24. The van der Waals surface area contributed by atoms with Gasteiger partial charge in [0.25, 0.3) is 0 Å². The van der Waals surface area contributed by atoms with Crippen molar-refractivity contribution < 1.29 is 4.39 Å². The van der Waals surface area contributed by atoms with Crippen molar-refractivity contribution in [2.24, 2.45) is 0 Å². The first-order valence-electron chi connectivity index (χ1n) is 5.69. The van der Waals surface area contributed by atoms with Crippen LogP contribution in [0.1, 0.15) is 26.7 Å². The number of likely N-dealkylation sites (N-methyl/N-ethyl adjacent to an activating group) is 2. The second-order valence-corrected chi connectivity index (χ2v) is 3.73. The predicted octanol–water partition coefficient (Wildman–Crippen LogP) is 2.01.